The number of Topliss-reactive ketones (excluding diaryl/α,β-unsaturated/α-hetero) is 1. The van der Waals surface area contributed by atoms with Crippen molar-refractivity contribution in [3.63, 3.8) is 0 Å². The van der Waals surface area contributed by atoms with Crippen molar-refractivity contribution in [2.24, 2.45) is 10.7 Å². The minimum absolute atomic E-state index is 0.0700. The van der Waals surface area contributed by atoms with Crippen molar-refractivity contribution < 1.29 is 22.0 Å². The number of aliphatic imine (C=N–C) groups is 1. The molecule has 0 amide bonds. The van der Waals surface area contributed by atoms with E-state index in [0.717, 1.165) is 12.3 Å². The Morgan fingerprint density at radius 2 is 2.00 bits per heavy atom. The van der Waals surface area contributed by atoms with Crippen LogP contribution in [0.2, 0.25) is 0 Å². The van der Waals surface area contributed by atoms with Gasteiger partial charge in [-0.15, -0.1) is 0 Å². The van der Waals surface area contributed by atoms with Crippen LogP contribution in [0.1, 0.15) is 35.0 Å². The maximum absolute atomic E-state index is 14.6. The standard InChI is InChI=1S/C19H19F2N3O3S/c1-19(6-7-28(26,27)11-18(22)24-19)14-8-12(2-4-15(14)21)9-17(25)16-5-3-13(20)10-23-16/h2-5,8,10H,6-7,9,11H2,1H3,(H2,22,24)/t19-/m0/s1. The first kappa shape index (κ1) is 20.1. The molecular weight excluding hydrogens is 388 g/mol. The van der Waals surface area contributed by atoms with Gasteiger partial charge in [0.1, 0.15) is 28.9 Å². The largest absolute Gasteiger partial charge is 0.387 e. The van der Waals surface area contributed by atoms with Crippen LogP contribution in [-0.4, -0.2) is 36.5 Å². The summed E-state index contributed by atoms with van der Waals surface area (Å²) in [5.41, 5.74) is 5.35. The molecule has 0 saturated heterocycles. The van der Waals surface area contributed by atoms with Crippen molar-refractivity contribution in [3.05, 3.63) is 65.0 Å². The highest BCUT2D eigenvalue weighted by molar-refractivity contribution is 7.92. The number of aromatic nitrogens is 1. The summed E-state index contributed by atoms with van der Waals surface area (Å²) in [5.74, 6) is -2.07. The number of ketones is 1. The van der Waals surface area contributed by atoms with Gasteiger partial charge in [0.25, 0.3) is 0 Å². The van der Waals surface area contributed by atoms with Crippen LogP contribution in [0.25, 0.3) is 0 Å². The lowest BCUT2D eigenvalue weighted by molar-refractivity contribution is 0.0988. The SMILES string of the molecule is C[C@@]1(c2cc(CC(=O)c3ccc(F)cn3)ccc2F)CCS(=O)(=O)CC(N)=N1. The fourth-order valence-electron chi connectivity index (χ4n) is 3.16. The van der Waals surface area contributed by atoms with E-state index in [2.05, 4.69) is 9.98 Å². The third-order valence-corrected chi connectivity index (χ3v) is 6.21. The van der Waals surface area contributed by atoms with Gasteiger partial charge in [0.05, 0.1) is 17.5 Å². The molecule has 3 rings (SSSR count). The highest BCUT2D eigenvalue weighted by atomic mass is 32.2. The molecule has 2 heterocycles. The fourth-order valence-corrected chi connectivity index (χ4v) is 4.53. The monoisotopic (exact) mass is 407 g/mol. The van der Waals surface area contributed by atoms with Gasteiger partial charge in [0.15, 0.2) is 15.6 Å². The zero-order chi connectivity index (χ0) is 20.5. The van der Waals surface area contributed by atoms with E-state index in [4.69, 9.17) is 5.73 Å². The Morgan fingerprint density at radius 1 is 1.25 bits per heavy atom. The van der Waals surface area contributed by atoms with E-state index in [0.29, 0.717) is 5.56 Å². The average Bonchev–Trinajstić information content (AvgIpc) is 2.72. The van der Waals surface area contributed by atoms with Gasteiger partial charge in [-0.2, -0.15) is 0 Å². The van der Waals surface area contributed by atoms with Crippen LogP contribution in [0, 0.1) is 11.6 Å². The van der Waals surface area contributed by atoms with E-state index in [9.17, 15) is 22.0 Å². The summed E-state index contributed by atoms with van der Waals surface area (Å²) in [6.07, 6.45) is 0.956. The van der Waals surface area contributed by atoms with Crippen molar-refractivity contribution in [1.29, 1.82) is 0 Å². The van der Waals surface area contributed by atoms with Crippen LogP contribution in [-0.2, 0) is 21.8 Å². The number of hydrogen-bond acceptors (Lipinski definition) is 6. The summed E-state index contributed by atoms with van der Waals surface area (Å²) in [5, 5.41) is 0. The number of hydrogen-bond donors (Lipinski definition) is 1. The second-order valence-corrected chi connectivity index (χ2v) is 9.18. The topological polar surface area (TPSA) is 102 Å². The molecule has 0 bridgehead atoms. The Kier molecular flexibility index (Phi) is 5.29. The number of carbonyl (C=O) groups is 1. The second-order valence-electron chi connectivity index (χ2n) is 6.99. The van der Waals surface area contributed by atoms with Crippen molar-refractivity contribution in [2.45, 2.75) is 25.3 Å². The molecule has 1 aliphatic rings. The van der Waals surface area contributed by atoms with E-state index in [1.807, 2.05) is 0 Å². The number of nitrogens with zero attached hydrogens (tertiary/aromatic N) is 2. The first-order valence-electron chi connectivity index (χ1n) is 8.56. The van der Waals surface area contributed by atoms with Crippen molar-refractivity contribution in [2.75, 3.05) is 11.5 Å². The molecule has 0 unspecified atom stereocenters. The van der Waals surface area contributed by atoms with Gasteiger partial charge in [0, 0.05) is 12.0 Å². The maximum atomic E-state index is 14.6. The number of amidine groups is 1. The molecule has 1 aromatic heterocycles. The van der Waals surface area contributed by atoms with Crippen molar-refractivity contribution in [1.82, 2.24) is 4.98 Å². The number of rotatable bonds is 4. The smallest absolute Gasteiger partial charge is 0.185 e. The minimum Gasteiger partial charge on any atom is -0.387 e. The van der Waals surface area contributed by atoms with Crippen molar-refractivity contribution in [3.8, 4) is 0 Å². The lowest BCUT2D eigenvalue weighted by Crippen LogP contribution is -2.26. The predicted octanol–water partition coefficient (Wildman–Crippen LogP) is 2.18. The lowest BCUT2D eigenvalue weighted by Gasteiger charge is -2.25. The number of pyridine rings is 1. The number of benzene rings is 1. The predicted molar refractivity (Wildman–Crippen MR) is 101 cm³/mol. The molecule has 0 saturated carbocycles. The zero-order valence-corrected chi connectivity index (χ0v) is 16.0. The molecule has 1 aromatic carbocycles. The molecule has 0 aliphatic carbocycles. The summed E-state index contributed by atoms with van der Waals surface area (Å²) in [6.45, 7) is 1.62. The third-order valence-electron chi connectivity index (χ3n) is 4.65. The normalized spacial score (nSPS) is 21.6. The summed E-state index contributed by atoms with van der Waals surface area (Å²) in [4.78, 5) is 20.4. The first-order chi connectivity index (χ1) is 13.1. The Labute approximate surface area is 161 Å². The molecule has 0 fully saturated rings. The van der Waals surface area contributed by atoms with Gasteiger partial charge in [-0.05, 0) is 43.2 Å². The molecule has 2 aromatic rings. The molecule has 6 nitrogen and oxygen atoms in total. The van der Waals surface area contributed by atoms with Gasteiger partial charge in [0.2, 0.25) is 0 Å². The van der Waals surface area contributed by atoms with Gasteiger partial charge in [-0.3, -0.25) is 14.8 Å². The van der Waals surface area contributed by atoms with E-state index in [1.54, 1.807) is 6.92 Å². The fraction of sp³-hybridized carbons (Fsp3) is 0.316. The van der Waals surface area contributed by atoms with Crippen LogP contribution in [0.4, 0.5) is 8.78 Å². The van der Waals surface area contributed by atoms with E-state index >= 15 is 0 Å². The Morgan fingerprint density at radius 3 is 2.68 bits per heavy atom. The molecule has 1 aliphatic heterocycles. The van der Waals surface area contributed by atoms with Crippen LogP contribution in [0.15, 0.2) is 41.5 Å². The summed E-state index contributed by atoms with van der Waals surface area (Å²) < 4.78 is 51.4. The molecule has 1 atom stereocenters. The second kappa shape index (κ2) is 7.38. The van der Waals surface area contributed by atoms with Gasteiger partial charge < -0.3 is 5.73 Å². The highest BCUT2D eigenvalue weighted by Gasteiger charge is 2.34. The number of halogens is 2. The van der Waals surface area contributed by atoms with Gasteiger partial charge >= 0.3 is 0 Å². The number of nitrogens with two attached hydrogens (primary N) is 1. The molecule has 2 N–H and O–H groups in total. The zero-order valence-electron chi connectivity index (χ0n) is 15.2. The summed E-state index contributed by atoms with van der Waals surface area (Å²) in [6, 6.07) is 6.59. The molecule has 0 radical (unpaired) electrons. The first-order valence-corrected chi connectivity index (χ1v) is 10.4. The number of sulfone groups is 1. The minimum atomic E-state index is -3.40. The molecule has 28 heavy (non-hydrogen) atoms. The quantitative estimate of drug-likeness (QED) is 0.783. The van der Waals surface area contributed by atoms with Crippen molar-refractivity contribution >= 4 is 21.5 Å². The Balaban J connectivity index is 1.92. The maximum Gasteiger partial charge on any atom is 0.185 e. The third kappa shape index (κ3) is 4.41. The summed E-state index contributed by atoms with van der Waals surface area (Å²) in [7, 11) is -3.40. The highest BCUT2D eigenvalue weighted by Crippen LogP contribution is 2.34. The Bertz CT molecular complexity index is 1050. The van der Waals surface area contributed by atoms with Gasteiger partial charge in [-0.1, -0.05) is 6.07 Å². The summed E-state index contributed by atoms with van der Waals surface area (Å²) >= 11 is 0. The number of carbonyl (C=O) groups excluding carboxylic acids is 1. The Hall–Kier alpha value is -2.68. The van der Waals surface area contributed by atoms with Crippen LogP contribution < -0.4 is 5.73 Å². The van der Waals surface area contributed by atoms with Crippen LogP contribution in [0.3, 0.4) is 0 Å². The average molecular weight is 407 g/mol. The van der Waals surface area contributed by atoms with E-state index in [1.165, 1.54) is 24.3 Å². The van der Waals surface area contributed by atoms with E-state index in [-0.39, 0.29) is 47.2 Å². The molecular formula is C19H19F2N3O3S. The van der Waals surface area contributed by atoms with Gasteiger partial charge in [-0.25, -0.2) is 17.2 Å². The molecule has 9 heteroatoms. The lowest BCUT2D eigenvalue weighted by atomic mass is 9.87. The van der Waals surface area contributed by atoms with Crippen LogP contribution in [0.5, 0.6) is 0 Å². The van der Waals surface area contributed by atoms with Crippen LogP contribution >= 0.6 is 0 Å². The molecule has 148 valence electrons. The van der Waals surface area contributed by atoms with E-state index < -0.39 is 27.0 Å². The molecule has 0 spiro atoms.